The lowest BCUT2D eigenvalue weighted by atomic mass is 10.1. The molecule has 1 aliphatic carbocycles. The molecule has 2 fully saturated rings. The van der Waals surface area contributed by atoms with Crippen molar-refractivity contribution in [3.05, 3.63) is 29.5 Å². The monoisotopic (exact) mass is 392 g/mol. The zero-order valence-corrected chi connectivity index (χ0v) is 16.3. The van der Waals surface area contributed by atoms with Crippen LogP contribution in [0, 0.1) is 6.92 Å². The van der Waals surface area contributed by atoms with Crippen LogP contribution < -0.4 is 5.32 Å². The minimum absolute atomic E-state index is 0.00117. The number of esters is 1. The van der Waals surface area contributed by atoms with Gasteiger partial charge in [-0.05, 0) is 57.9 Å². The molecule has 2 aromatic rings. The van der Waals surface area contributed by atoms with Crippen LogP contribution in [0.15, 0.2) is 27.5 Å². The molecule has 27 heavy (non-hydrogen) atoms. The molecule has 1 atom stereocenters. The third-order valence-corrected chi connectivity index (χ3v) is 7.25. The largest absolute Gasteiger partial charge is 0.460 e. The first-order valence-corrected chi connectivity index (χ1v) is 10.8. The van der Waals surface area contributed by atoms with Gasteiger partial charge in [0.1, 0.15) is 5.58 Å². The van der Waals surface area contributed by atoms with Crippen LogP contribution in [-0.4, -0.2) is 50.5 Å². The Morgan fingerprint density at radius 1 is 1.30 bits per heavy atom. The second-order valence-electron chi connectivity index (χ2n) is 7.15. The normalized spacial score (nSPS) is 20.5. The number of carbonyl (C=O) groups is 1. The predicted octanol–water partition coefficient (Wildman–Crippen LogP) is 2.43. The van der Waals surface area contributed by atoms with E-state index < -0.39 is 16.0 Å². The maximum Gasteiger partial charge on any atom is 0.374 e. The van der Waals surface area contributed by atoms with E-state index in [0.717, 1.165) is 25.8 Å². The van der Waals surface area contributed by atoms with Crippen LogP contribution in [-0.2, 0) is 14.8 Å². The molecule has 1 N–H and O–H groups in total. The van der Waals surface area contributed by atoms with Crippen molar-refractivity contribution in [3.8, 4) is 0 Å². The van der Waals surface area contributed by atoms with Crippen LogP contribution >= 0.6 is 0 Å². The fourth-order valence-corrected chi connectivity index (χ4v) is 5.68. The molecule has 0 bridgehead atoms. The summed E-state index contributed by atoms with van der Waals surface area (Å²) in [4.78, 5) is 12.3. The van der Waals surface area contributed by atoms with Crippen molar-refractivity contribution in [1.29, 1.82) is 0 Å². The second-order valence-corrected chi connectivity index (χ2v) is 8.99. The van der Waals surface area contributed by atoms with E-state index in [1.54, 1.807) is 36.4 Å². The molecule has 1 aliphatic heterocycles. The van der Waals surface area contributed by atoms with E-state index in [1.807, 2.05) is 0 Å². The number of rotatable bonds is 6. The highest BCUT2D eigenvalue weighted by Crippen LogP contribution is 2.37. The zero-order valence-electron chi connectivity index (χ0n) is 15.5. The van der Waals surface area contributed by atoms with Gasteiger partial charge in [0.25, 0.3) is 0 Å². The number of hydrogen-bond donors (Lipinski definition) is 1. The van der Waals surface area contributed by atoms with Gasteiger partial charge in [-0.1, -0.05) is 0 Å². The molecule has 2 heterocycles. The summed E-state index contributed by atoms with van der Waals surface area (Å²) < 4.78 is 39.1. The number of ether oxygens (including phenoxy) is 1. The fraction of sp³-hybridized carbons (Fsp3) is 0.526. The van der Waals surface area contributed by atoms with Crippen molar-refractivity contribution in [3.63, 3.8) is 0 Å². The molecule has 1 aromatic carbocycles. The van der Waals surface area contributed by atoms with Gasteiger partial charge in [-0.15, -0.1) is 0 Å². The average molecular weight is 392 g/mol. The van der Waals surface area contributed by atoms with Gasteiger partial charge in [0, 0.05) is 29.6 Å². The summed E-state index contributed by atoms with van der Waals surface area (Å²) in [6.07, 6.45) is 2.65. The first kappa shape index (κ1) is 18.5. The van der Waals surface area contributed by atoms with Crippen LogP contribution in [0.2, 0.25) is 0 Å². The molecule has 146 valence electrons. The summed E-state index contributed by atoms with van der Waals surface area (Å²) in [6, 6.07) is 4.89. The summed E-state index contributed by atoms with van der Waals surface area (Å²) in [6.45, 7) is 5.25. The number of sulfonamides is 1. The highest BCUT2D eigenvalue weighted by molar-refractivity contribution is 7.89. The van der Waals surface area contributed by atoms with Crippen molar-refractivity contribution in [2.75, 3.05) is 19.7 Å². The minimum Gasteiger partial charge on any atom is -0.460 e. The number of carbonyl (C=O) groups excluding carboxylic acids is 1. The number of nitrogens with one attached hydrogen (secondary N) is 1. The number of nitrogens with zero attached hydrogens (tertiary/aromatic N) is 1. The van der Waals surface area contributed by atoms with Gasteiger partial charge < -0.3 is 14.5 Å². The minimum atomic E-state index is -3.62. The van der Waals surface area contributed by atoms with Gasteiger partial charge in [-0.25, -0.2) is 13.2 Å². The number of hydrogen-bond acceptors (Lipinski definition) is 6. The number of benzene rings is 1. The van der Waals surface area contributed by atoms with Crippen LogP contribution in [0.25, 0.3) is 11.0 Å². The smallest absolute Gasteiger partial charge is 0.374 e. The molecule has 1 saturated carbocycles. The molecule has 7 nitrogen and oxygen atoms in total. The number of fused-ring (bicyclic) bond motifs is 1. The topological polar surface area (TPSA) is 88.8 Å². The third kappa shape index (κ3) is 3.26. The molecule has 8 heteroatoms. The fourth-order valence-electron chi connectivity index (χ4n) is 3.75. The Labute approximate surface area is 158 Å². The molecule has 0 spiro atoms. The second kappa shape index (κ2) is 6.92. The summed E-state index contributed by atoms with van der Waals surface area (Å²) in [5, 5.41) is 3.88. The van der Waals surface area contributed by atoms with Gasteiger partial charge in [0.05, 0.1) is 11.5 Å². The molecule has 4 rings (SSSR count). The lowest BCUT2D eigenvalue weighted by molar-refractivity contribution is 0.0491. The Morgan fingerprint density at radius 2 is 2.07 bits per heavy atom. The van der Waals surface area contributed by atoms with E-state index in [1.165, 1.54) is 0 Å². The Morgan fingerprint density at radius 3 is 2.70 bits per heavy atom. The van der Waals surface area contributed by atoms with Gasteiger partial charge in [-0.3, -0.25) is 0 Å². The molecule has 1 saturated heterocycles. The third-order valence-electron chi connectivity index (χ3n) is 5.24. The van der Waals surface area contributed by atoms with Gasteiger partial charge in [0.15, 0.2) is 0 Å². The van der Waals surface area contributed by atoms with Crippen LogP contribution in [0.3, 0.4) is 0 Å². The van der Waals surface area contributed by atoms with Crippen LogP contribution in [0.4, 0.5) is 0 Å². The van der Waals surface area contributed by atoms with E-state index in [0.29, 0.717) is 23.1 Å². The highest BCUT2D eigenvalue weighted by atomic mass is 32.2. The molecular weight excluding hydrogens is 368 g/mol. The van der Waals surface area contributed by atoms with Crippen molar-refractivity contribution in [2.24, 2.45) is 0 Å². The van der Waals surface area contributed by atoms with Crippen molar-refractivity contribution < 1.29 is 22.4 Å². The summed E-state index contributed by atoms with van der Waals surface area (Å²) in [5.74, 6) is -0.410. The predicted molar refractivity (Wildman–Crippen MR) is 100 cm³/mol. The SMILES string of the molecule is CCOC(=O)c1oc2ccc(S(=O)(=O)N(C3CC3)C3CCNC3)cc2c1C. The van der Waals surface area contributed by atoms with Crippen molar-refractivity contribution in [2.45, 2.75) is 50.1 Å². The first-order valence-electron chi connectivity index (χ1n) is 9.38. The number of furan rings is 1. The van der Waals surface area contributed by atoms with E-state index >= 15 is 0 Å². The van der Waals surface area contributed by atoms with Crippen LogP contribution in [0.5, 0.6) is 0 Å². The lowest BCUT2D eigenvalue weighted by Gasteiger charge is -2.27. The maximum atomic E-state index is 13.4. The molecule has 0 radical (unpaired) electrons. The maximum absolute atomic E-state index is 13.4. The first-order chi connectivity index (χ1) is 12.9. The Bertz CT molecular complexity index is 971. The molecule has 0 amide bonds. The van der Waals surface area contributed by atoms with Crippen LogP contribution in [0.1, 0.15) is 42.3 Å². The highest BCUT2D eigenvalue weighted by Gasteiger charge is 2.43. The average Bonchev–Trinajstić information content (AvgIpc) is 3.20. The summed E-state index contributed by atoms with van der Waals surface area (Å²) in [5.41, 5.74) is 1.08. The van der Waals surface area contributed by atoms with E-state index in [9.17, 15) is 13.2 Å². The Balaban J connectivity index is 1.74. The van der Waals surface area contributed by atoms with E-state index in [2.05, 4.69) is 5.32 Å². The molecular formula is C19H24N2O5S. The Kier molecular flexibility index (Phi) is 4.73. The summed E-state index contributed by atoms with van der Waals surface area (Å²) in [7, 11) is -3.62. The summed E-state index contributed by atoms with van der Waals surface area (Å²) >= 11 is 0. The van der Waals surface area contributed by atoms with Gasteiger partial charge in [0.2, 0.25) is 15.8 Å². The molecule has 1 aromatic heterocycles. The molecule has 1 unspecified atom stereocenters. The van der Waals surface area contributed by atoms with E-state index in [4.69, 9.17) is 9.15 Å². The van der Waals surface area contributed by atoms with Crippen molar-refractivity contribution >= 4 is 27.0 Å². The van der Waals surface area contributed by atoms with Crippen molar-refractivity contribution in [1.82, 2.24) is 9.62 Å². The lowest BCUT2D eigenvalue weighted by Crippen LogP contribution is -2.43. The standard InChI is InChI=1S/C19H24N2O5S/c1-3-25-19(22)18-12(2)16-10-15(6-7-17(16)26-18)27(23,24)21(13-4-5-13)14-8-9-20-11-14/h6-7,10,13-14,20H,3-5,8-9,11H2,1-2H3. The zero-order chi connectivity index (χ0) is 19.2. The van der Waals surface area contributed by atoms with E-state index in [-0.39, 0.29) is 29.3 Å². The molecule has 2 aliphatic rings. The van der Waals surface area contributed by atoms with Gasteiger partial charge >= 0.3 is 5.97 Å². The quantitative estimate of drug-likeness (QED) is 0.760. The number of aryl methyl sites for hydroxylation is 1. The Hall–Kier alpha value is -1.90. The van der Waals surface area contributed by atoms with Gasteiger partial charge in [-0.2, -0.15) is 4.31 Å².